The van der Waals surface area contributed by atoms with Crippen molar-refractivity contribution in [2.75, 3.05) is 12.4 Å². The van der Waals surface area contributed by atoms with Crippen LogP contribution in [0.25, 0.3) is 0 Å². The van der Waals surface area contributed by atoms with Crippen LogP contribution in [-0.2, 0) is 0 Å². The fourth-order valence-electron chi connectivity index (χ4n) is 1.82. The average molecular weight is 363 g/mol. The molecular formula is C15H13N3O4S2. The van der Waals surface area contributed by atoms with Gasteiger partial charge >= 0.3 is 0 Å². The molecule has 0 unspecified atom stereocenters. The van der Waals surface area contributed by atoms with Gasteiger partial charge in [-0.15, -0.1) is 0 Å². The average Bonchev–Trinajstić information content (AvgIpc) is 2.55. The normalized spacial score (nSPS) is 10.0. The first kappa shape index (κ1) is 17.7. The highest BCUT2D eigenvalue weighted by Crippen LogP contribution is 2.31. The number of benzene rings is 2. The Kier molecular flexibility index (Phi) is 5.72. The molecule has 0 saturated heterocycles. The van der Waals surface area contributed by atoms with Gasteiger partial charge in [0.15, 0.2) is 0 Å². The number of primary amides is 1. The number of amides is 1. The third-order valence-electron chi connectivity index (χ3n) is 2.98. The second-order valence-corrected chi connectivity index (χ2v) is 6.27. The van der Waals surface area contributed by atoms with Crippen LogP contribution in [0.2, 0.25) is 0 Å². The Morgan fingerprint density at radius 1 is 1.29 bits per heavy atom. The zero-order chi connectivity index (χ0) is 17.7. The van der Waals surface area contributed by atoms with Crippen molar-refractivity contribution in [3.63, 3.8) is 0 Å². The molecule has 24 heavy (non-hydrogen) atoms. The summed E-state index contributed by atoms with van der Waals surface area (Å²) in [7, 11) is 1.57. The van der Waals surface area contributed by atoms with Crippen molar-refractivity contribution in [2.24, 2.45) is 5.73 Å². The predicted octanol–water partition coefficient (Wildman–Crippen LogP) is 3.19. The zero-order valence-corrected chi connectivity index (χ0v) is 14.1. The zero-order valence-electron chi connectivity index (χ0n) is 12.5. The van der Waals surface area contributed by atoms with Gasteiger partial charge in [-0.05, 0) is 36.4 Å². The van der Waals surface area contributed by atoms with Gasteiger partial charge in [0.05, 0.1) is 16.9 Å². The highest BCUT2D eigenvalue weighted by atomic mass is 32.2. The standard InChI is InChI=1S/C15H13N3O4S2/c1-22-11-5-3-10(4-6-11)17-15(23)24-13-7-2-9(14(16)19)8-12(13)18(20)21/h2-8H,1H3,(H2,16,19)(H,17,23). The van der Waals surface area contributed by atoms with Crippen molar-refractivity contribution in [1.29, 1.82) is 0 Å². The number of thiocarbonyl (C=S) groups is 1. The van der Waals surface area contributed by atoms with E-state index in [-0.39, 0.29) is 11.3 Å². The molecule has 0 heterocycles. The molecule has 0 fully saturated rings. The van der Waals surface area contributed by atoms with Crippen molar-refractivity contribution in [3.05, 3.63) is 58.1 Å². The minimum Gasteiger partial charge on any atom is -0.497 e. The molecule has 2 aromatic carbocycles. The number of hydrogen-bond acceptors (Lipinski definition) is 6. The predicted molar refractivity (Wildman–Crippen MR) is 96.7 cm³/mol. The Morgan fingerprint density at radius 3 is 2.50 bits per heavy atom. The number of carbonyl (C=O) groups is 1. The highest BCUT2D eigenvalue weighted by Gasteiger charge is 2.18. The first-order valence-electron chi connectivity index (χ1n) is 6.62. The van der Waals surface area contributed by atoms with Gasteiger partial charge in [-0.3, -0.25) is 14.9 Å². The summed E-state index contributed by atoms with van der Waals surface area (Å²) in [6.07, 6.45) is 0. The van der Waals surface area contributed by atoms with E-state index in [9.17, 15) is 14.9 Å². The van der Waals surface area contributed by atoms with Gasteiger partial charge in [0, 0.05) is 17.3 Å². The van der Waals surface area contributed by atoms with Crippen LogP contribution in [0.4, 0.5) is 11.4 Å². The SMILES string of the molecule is COc1ccc(NC(=S)Sc2ccc(C(N)=O)cc2[N+](=O)[O-])cc1. The molecule has 3 N–H and O–H groups in total. The lowest BCUT2D eigenvalue weighted by Gasteiger charge is -2.09. The van der Waals surface area contributed by atoms with Gasteiger partial charge in [0.2, 0.25) is 5.91 Å². The van der Waals surface area contributed by atoms with E-state index in [4.69, 9.17) is 22.7 Å². The number of thioether (sulfide) groups is 1. The number of rotatable bonds is 5. The van der Waals surface area contributed by atoms with Gasteiger partial charge < -0.3 is 15.8 Å². The van der Waals surface area contributed by atoms with Crippen LogP contribution in [-0.4, -0.2) is 22.3 Å². The van der Waals surface area contributed by atoms with E-state index in [0.717, 1.165) is 23.5 Å². The maximum absolute atomic E-state index is 11.2. The Morgan fingerprint density at radius 2 is 1.96 bits per heavy atom. The Labute approximate surface area is 147 Å². The lowest BCUT2D eigenvalue weighted by molar-refractivity contribution is -0.387. The van der Waals surface area contributed by atoms with Gasteiger partial charge in [-0.1, -0.05) is 24.0 Å². The largest absolute Gasteiger partial charge is 0.497 e. The number of nitrogens with one attached hydrogen (secondary N) is 1. The van der Waals surface area contributed by atoms with Crippen molar-refractivity contribution < 1.29 is 14.5 Å². The van der Waals surface area contributed by atoms with Crippen LogP contribution in [0.15, 0.2) is 47.4 Å². The maximum atomic E-state index is 11.2. The molecule has 0 aliphatic rings. The molecule has 0 spiro atoms. The number of nitro benzene ring substituents is 1. The Balaban J connectivity index is 2.15. The highest BCUT2D eigenvalue weighted by molar-refractivity contribution is 8.23. The minimum atomic E-state index is -0.728. The van der Waals surface area contributed by atoms with E-state index in [1.807, 2.05) is 0 Å². The third-order valence-corrected chi connectivity index (χ3v) is 4.18. The van der Waals surface area contributed by atoms with Crippen LogP contribution in [0.3, 0.4) is 0 Å². The van der Waals surface area contributed by atoms with Gasteiger partial charge in [0.25, 0.3) is 5.69 Å². The van der Waals surface area contributed by atoms with Gasteiger partial charge in [-0.2, -0.15) is 0 Å². The van der Waals surface area contributed by atoms with E-state index in [1.165, 1.54) is 12.1 Å². The van der Waals surface area contributed by atoms with E-state index in [2.05, 4.69) is 5.32 Å². The number of hydrogen-bond donors (Lipinski definition) is 2. The molecule has 7 nitrogen and oxygen atoms in total. The second kappa shape index (κ2) is 7.75. The summed E-state index contributed by atoms with van der Waals surface area (Å²) >= 11 is 6.24. The first-order valence-corrected chi connectivity index (χ1v) is 7.84. The molecule has 0 aliphatic carbocycles. The molecule has 0 bridgehead atoms. The molecule has 0 atom stereocenters. The topological polar surface area (TPSA) is 107 Å². The van der Waals surface area contributed by atoms with E-state index >= 15 is 0 Å². The molecule has 124 valence electrons. The number of carbonyl (C=O) groups excluding carboxylic acids is 1. The Bertz CT molecular complexity index is 794. The Hall–Kier alpha value is -2.65. The fraction of sp³-hybridized carbons (Fsp3) is 0.0667. The number of nitro groups is 1. The first-order chi connectivity index (χ1) is 11.4. The lowest BCUT2D eigenvalue weighted by atomic mass is 10.2. The summed E-state index contributed by atoms with van der Waals surface area (Å²) in [6.45, 7) is 0. The smallest absolute Gasteiger partial charge is 0.284 e. The summed E-state index contributed by atoms with van der Waals surface area (Å²) in [4.78, 5) is 22.1. The van der Waals surface area contributed by atoms with Crippen LogP contribution in [0.1, 0.15) is 10.4 Å². The molecule has 1 amide bonds. The number of ether oxygens (including phenoxy) is 1. The van der Waals surface area contributed by atoms with Crippen molar-refractivity contribution in [1.82, 2.24) is 0 Å². The van der Waals surface area contributed by atoms with Gasteiger partial charge in [-0.25, -0.2) is 0 Å². The molecule has 2 rings (SSSR count). The van der Waals surface area contributed by atoms with E-state index in [0.29, 0.717) is 15.0 Å². The van der Waals surface area contributed by atoms with E-state index < -0.39 is 10.8 Å². The summed E-state index contributed by atoms with van der Waals surface area (Å²) in [5.41, 5.74) is 5.71. The number of methoxy groups -OCH3 is 1. The molecule has 0 aromatic heterocycles. The van der Waals surface area contributed by atoms with Crippen LogP contribution in [0, 0.1) is 10.1 Å². The third kappa shape index (κ3) is 4.43. The summed E-state index contributed by atoms with van der Waals surface area (Å²) < 4.78 is 5.39. The summed E-state index contributed by atoms with van der Waals surface area (Å²) in [5.74, 6) is -0.0228. The van der Waals surface area contributed by atoms with Gasteiger partial charge in [0.1, 0.15) is 10.1 Å². The molecular weight excluding hydrogens is 350 g/mol. The number of anilines is 1. The molecule has 2 aromatic rings. The fourth-order valence-corrected chi connectivity index (χ4v) is 2.95. The lowest BCUT2D eigenvalue weighted by Crippen LogP contribution is -2.11. The van der Waals surface area contributed by atoms with Crippen LogP contribution >= 0.6 is 24.0 Å². The van der Waals surface area contributed by atoms with E-state index in [1.54, 1.807) is 31.4 Å². The van der Waals surface area contributed by atoms with Crippen molar-refractivity contribution >= 4 is 45.6 Å². The molecule has 9 heteroatoms. The number of nitrogens with zero attached hydrogens (tertiary/aromatic N) is 1. The molecule has 0 radical (unpaired) electrons. The van der Waals surface area contributed by atoms with Crippen molar-refractivity contribution in [2.45, 2.75) is 4.90 Å². The maximum Gasteiger partial charge on any atom is 0.284 e. The summed E-state index contributed by atoms with van der Waals surface area (Å²) in [6, 6.07) is 11.1. The van der Waals surface area contributed by atoms with Crippen molar-refractivity contribution in [3.8, 4) is 5.75 Å². The van der Waals surface area contributed by atoms with Crippen LogP contribution in [0.5, 0.6) is 5.75 Å². The summed E-state index contributed by atoms with van der Waals surface area (Å²) in [5, 5.41) is 14.1. The molecule has 0 saturated carbocycles. The van der Waals surface area contributed by atoms with Crippen LogP contribution < -0.4 is 15.8 Å². The monoisotopic (exact) mass is 363 g/mol. The second-order valence-electron chi connectivity index (χ2n) is 4.55. The molecule has 0 aliphatic heterocycles. The minimum absolute atomic E-state index is 0.0695. The quantitative estimate of drug-likeness (QED) is 0.363. The number of nitrogens with two attached hydrogens (primary N) is 1.